The molecule has 1 saturated heterocycles. The predicted molar refractivity (Wildman–Crippen MR) is 90.8 cm³/mol. The van der Waals surface area contributed by atoms with Crippen molar-refractivity contribution in [1.82, 2.24) is 4.90 Å². The maximum absolute atomic E-state index is 12.2. The number of rotatable bonds is 7. The number of sulfone groups is 1. The first kappa shape index (κ1) is 19.3. The molecule has 25 heavy (non-hydrogen) atoms. The van der Waals surface area contributed by atoms with Gasteiger partial charge in [0.15, 0.2) is 9.84 Å². The van der Waals surface area contributed by atoms with Crippen LogP contribution in [0.15, 0.2) is 29.2 Å². The fourth-order valence-electron chi connectivity index (χ4n) is 2.80. The molecular weight excluding hydrogens is 348 g/mol. The van der Waals surface area contributed by atoms with Crippen LogP contribution in [-0.4, -0.2) is 54.2 Å². The van der Waals surface area contributed by atoms with E-state index in [1.165, 1.54) is 0 Å². The molecule has 1 N–H and O–H groups in total. The molecule has 1 aliphatic heterocycles. The molecule has 0 saturated carbocycles. The van der Waals surface area contributed by atoms with Crippen LogP contribution in [-0.2, 0) is 14.6 Å². The Bertz CT molecular complexity index is 711. The van der Waals surface area contributed by atoms with Crippen LogP contribution < -0.4 is 0 Å². The van der Waals surface area contributed by atoms with Crippen molar-refractivity contribution in [2.75, 3.05) is 18.8 Å². The zero-order valence-corrected chi connectivity index (χ0v) is 14.7. The van der Waals surface area contributed by atoms with Crippen molar-refractivity contribution >= 4 is 21.4 Å². The van der Waals surface area contributed by atoms with Crippen LogP contribution in [0.1, 0.15) is 32.1 Å². The molecule has 1 unspecified atom stereocenters. The van der Waals surface area contributed by atoms with Gasteiger partial charge in [-0.1, -0.05) is 0 Å². The van der Waals surface area contributed by atoms with Gasteiger partial charge in [0, 0.05) is 31.6 Å². The number of likely N-dealkylation sites (tertiary alicyclic amines) is 1. The molecule has 0 radical (unpaired) electrons. The number of non-ortho nitro benzene ring substituents is 1. The summed E-state index contributed by atoms with van der Waals surface area (Å²) in [7, 11) is -3.77. The molecule has 0 aliphatic carbocycles. The summed E-state index contributed by atoms with van der Waals surface area (Å²) in [5, 5.41) is 20.6. The number of carbonyl (C=O) groups is 1. The number of carbonyl (C=O) groups excluding carboxylic acids is 1. The Labute approximate surface area is 146 Å². The lowest BCUT2D eigenvalue weighted by molar-refractivity contribution is -0.384. The molecule has 0 spiro atoms. The Morgan fingerprint density at radius 3 is 2.36 bits per heavy atom. The van der Waals surface area contributed by atoms with Gasteiger partial charge in [-0.05, 0) is 37.8 Å². The van der Waals surface area contributed by atoms with E-state index < -0.39 is 26.6 Å². The minimum atomic E-state index is -3.77. The average molecular weight is 370 g/mol. The maximum Gasteiger partial charge on any atom is 0.269 e. The van der Waals surface area contributed by atoms with E-state index in [0.717, 1.165) is 56.6 Å². The highest BCUT2D eigenvalue weighted by Crippen LogP contribution is 2.19. The molecule has 1 aliphatic rings. The van der Waals surface area contributed by atoms with Crippen LogP contribution in [0.25, 0.3) is 0 Å². The van der Waals surface area contributed by atoms with Crippen molar-refractivity contribution in [2.24, 2.45) is 0 Å². The average Bonchev–Trinajstić information content (AvgIpc) is 2.60. The zero-order chi connectivity index (χ0) is 18.4. The van der Waals surface area contributed by atoms with Gasteiger partial charge in [-0.3, -0.25) is 14.9 Å². The van der Waals surface area contributed by atoms with E-state index in [1.54, 1.807) is 4.90 Å². The Kier molecular flexibility index (Phi) is 6.49. The molecule has 0 bridgehead atoms. The third-order valence-electron chi connectivity index (χ3n) is 4.22. The minimum absolute atomic E-state index is 0.0634. The second kappa shape index (κ2) is 8.39. The van der Waals surface area contributed by atoms with Gasteiger partial charge < -0.3 is 10.0 Å². The fourth-order valence-corrected chi connectivity index (χ4v) is 4.22. The van der Waals surface area contributed by atoms with Crippen LogP contribution >= 0.6 is 0 Å². The normalized spacial score (nSPS) is 16.4. The molecular formula is C16H22N2O6S. The van der Waals surface area contributed by atoms with E-state index >= 15 is 0 Å². The van der Waals surface area contributed by atoms with Crippen molar-refractivity contribution in [1.29, 1.82) is 0 Å². The first-order valence-electron chi connectivity index (χ1n) is 8.22. The van der Waals surface area contributed by atoms with Gasteiger partial charge in [0.05, 0.1) is 21.7 Å². The minimum Gasteiger partial charge on any atom is -0.392 e. The van der Waals surface area contributed by atoms with E-state index in [9.17, 15) is 28.4 Å². The van der Waals surface area contributed by atoms with Crippen LogP contribution in [0.2, 0.25) is 0 Å². The number of benzene rings is 1. The van der Waals surface area contributed by atoms with E-state index in [4.69, 9.17) is 0 Å². The molecule has 2 rings (SSSR count). The lowest BCUT2D eigenvalue weighted by Gasteiger charge is -2.27. The van der Waals surface area contributed by atoms with E-state index in [-0.39, 0.29) is 29.3 Å². The number of nitrogens with zero attached hydrogens (tertiary/aromatic N) is 2. The third kappa shape index (κ3) is 5.50. The molecule has 0 aromatic heterocycles. The Balaban J connectivity index is 1.88. The van der Waals surface area contributed by atoms with Crippen molar-refractivity contribution in [2.45, 2.75) is 43.1 Å². The zero-order valence-electron chi connectivity index (χ0n) is 13.8. The molecule has 1 aromatic rings. The van der Waals surface area contributed by atoms with Crippen LogP contribution in [0.4, 0.5) is 5.69 Å². The molecule has 1 fully saturated rings. The number of nitro groups is 1. The number of aliphatic hydroxyl groups excluding tert-OH is 1. The predicted octanol–water partition coefficient (Wildman–Crippen LogP) is 1.52. The lowest BCUT2D eigenvalue weighted by atomic mass is 10.1. The highest BCUT2D eigenvalue weighted by atomic mass is 32.2. The highest BCUT2D eigenvalue weighted by molar-refractivity contribution is 7.91. The standard InChI is InChI=1S/C16H22N2O6S/c19-14(6-9-16(20)17-10-2-1-3-11-17)12-25(23,24)15-7-4-13(5-8-15)18(21)22/h4-5,7-8,14,19H,1-3,6,9-12H2. The van der Waals surface area contributed by atoms with Gasteiger partial charge in [0.2, 0.25) is 5.91 Å². The van der Waals surface area contributed by atoms with Gasteiger partial charge in [-0.15, -0.1) is 0 Å². The second-order valence-electron chi connectivity index (χ2n) is 6.17. The summed E-state index contributed by atoms with van der Waals surface area (Å²) in [4.78, 5) is 23.7. The third-order valence-corrected chi connectivity index (χ3v) is 6.03. The summed E-state index contributed by atoms with van der Waals surface area (Å²) in [6, 6.07) is 4.52. The van der Waals surface area contributed by atoms with Crippen molar-refractivity contribution < 1.29 is 23.2 Å². The van der Waals surface area contributed by atoms with Crippen molar-refractivity contribution in [3.05, 3.63) is 34.4 Å². The van der Waals surface area contributed by atoms with Crippen molar-refractivity contribution in [3.63, 3.8) is 0 Å². The first-order chi connectivity index (χ1) is 11.8. The fraction of sp³-hybridized carbons (Fsp3) is 0.562. The second-order valence-corrected chi connectivity index (χ2v) is 8.20. The van der Waals surface area contributed by atoms with Gasteiger partial charge in [0.25, 0.3) is 5.69 Å². The number of aliphatic hydroxyl groups is 1. The molecule has 1 amide bonds. The summed E-state index contributed by atoms with van der Waals surface area (Å²) in [5.41, 5.74) is -0.202. The summed E-state index contributed by atoms with van der Waals surface area (Å²) >= 11 is 0. The Hall–Kier alpha value is -2.00. The monoisotopic (exact) mass is 370 g/mol. The number of amides is 1. The Morgan fingerprint density at radius 1 is 1.20 bits per heavy atom. The molecule has 8 nitrogen and oxygen atoms in total. The molecule has 9 heteroatoms. The van der Waals surface area contributed by atoms with Gasteiger partial charge in [-0.2, -0.15) is 0 Å². The summed E-state index contributed by atoms with van der Waals surface area (Å²) in [6.07, 6.45) is 2.08. The SMILES string of the molecule is O=C(CCC(O)CS(=O)(=O)c1ccc([N+](=O)[O-])cc1)N1CCCCC1. The lowest BCUT2D eigenvalue weighted by Crippen LogP contribution is -2.36. The molecule has 1 atom stereocenters. The maximum atomic E-state index is 12.2. The highest BCUT2D eigenvalue weighted by Gasteiger charge is 2.23. The van der Waals surface area contributed by atoms with E-state index in [0.29, 0.717) is 0 Å². The summed E-state index contributed by atoms with van der Waals surface area (Å²) in [6.45, 7) is 1.44. The van der Waals surface area contributed by atoms with Crippen molar-refractivity contribution in [3.8, 4) is 0 Å². The van der Waals surface area contributed by atoms with Gasteiger partial charge in [-0.25, -0.2) is 8.42 Å². The molecule has 1 aromatic carbocycles. The Morgan fingerprint density at radius 2 is 1.80 bits per heavy atom. The largest absolute Gasteiger partial charge is 0.392 e. The van der Waals surface area contributed by atoms with E-state index in [1.807, 2.05) is 0 Å². The van der Waals surface area contributed by atoms with Crippen LogP contribution in [0.5, 0.6) is 0 Å². The summed E-state index contributed by atoms with van der Waals surface area (Å²) in [5.74, 6) is -0.579. The van der Waals surface area contributed by atoms with E-state index in [2.05, 4.69) is 0 Å². The smallest absolute Gasteiger partial charge is 0.269 e. The van der Waals surface area contributed by atoms with Crippen LogP contribution in [0, 0.1) is 10.1 Å². The molecule has 1 heterocycles. The summed E-state index contributed by atoms with van der Waals surface area (Å²) < 4.78 is 24.5. The number of piperidine rings is 1. The number of nitro benzene ring substituents is 1. The quantitative estimate of drug-likeness (QED) is 0.574. The first-order valence-corrected chi connectivity index (χ1v) is 9.88. The number of hydrogen-bond donors (Lipinski definition) is 1. The molecule has 138 valence electrons. The number of hydrogen-bond acceptors (Lipinski definition) is 6. The topological polar surface area (TPSA) is 118 Å². The van der Waals surface area contributed by atoms with Gasteiger partial charge in [0.1, 0.15) is 0 Å². The van der Waals surface area contributed by atoms with Gasteiger partial charge >= 0.3 is 0 Å². The van der Waals surface area contributed by atoms with Crippen LogP contribution in [0.3, 0.4) is 0 Å².